The van der Waals surface area contributed by atoms with Gasteiger partial charge in [-0.05, 0) is 31.2 Å². The second-order valence-electron chi connectivity index (χ2n) is 4.02. The molecule has 2 aromatic heterocycles. The highest BCUT2D eigenvalue weighted by molar-refractivity contribution is 6.03. The van der Waals surface area contributed by atoms with Crippen LogP contribution in [0.3, 0.4) is 0 Å². The smallest absolute Gasteiger partial charge is 0.356 e. The lowest BCUT2D eigenvalue weighted by Crippen LogP contribution is -2.16. The maximum absolute atomic E-state index is 12.0. The molecule has 1 N–H and O–H groups in total. The van der Waals surface area contributed by atoms with Gasteiger partial charge in [-0.15, -0.1) is 0 Å². The van der Waals surface area contributed by atoms with E-state index in [1.807, 2.05) is 13.0 Å². The molecular weight excluding hydrogens is 258 g/mol. The maximum Gasteiger partial charge on any atom is 0.356 e. The van der Waals surface area contributed by atoms with E-state index in [9.17, 15) is 9.59 Å². The van der Waals surface area contributed by atoms with Gasteiger partial charge >= 0.3 is 5.97 Å². The quantitative estimate of drug-likeness (QED) is 0.861. The molecule has 0 aliphatic rings. The summed E-state index contributed by atoms with van der Waals surface area (Å²) in [5, 5.41) is 2.62. The summed E-state index contributed by atoms with van der Waals surface area (Å²) in [6.07, 6.45) is 0. The first-order valence-electron chi connectivity index (χ1n) is 5.90. The molecule has 0 bridgehead atoms. The summed E-state index contributed by atoms with van der Waals surface area (Å²) in [4.78, 5) is 31.5. The van der Waals surface area contributed by atoms with Crippen LogP contribution in [0.25, 0.3) is 0 Å². The Kier molecular flexibility index (Phi) is 4.05. The lowest BCUT2D eigenvalue weighted by Gasteiger charge is -2.05. The Morgan fingerprint density at radius 3 is 2.45 bits per heavy atom. The number of nitrogens with zero attached hydrogens (tertiary/aromatic N) is 2. The predicted molar refractivity (Wildman–Crippen MR) is 72.5 cm³/mol. The molecule has 0 aromatic carbocycles. The predicted octanol–water partition coefficient (Wildman–Crippen LogP) is 1.82. The fraction of sp³-hybridized carbons (Fsp3) is 0.143. The minimum absolute atomic E-state index is 0.0809. The van der Waals surface area contributed by atoms with E-state index in [1.54, 1.807) is 18.2 Å². The SMILES string of the molecule is COC(=O)c1cccc(C(=O)Nc2cccc(C)n2)n1. The fourth-order valence-electron chi connectivity index (χ4n) is 1.57. The van der Waals surface area contributed by atoms with Gasteiger partial charge in [0, 0.05) is 5.69 Å². The highest BCUT2D eigenvalue weighted by atomic mass is 16.5. The van der Waals surface area contributed by atoms with E-state index in [-0.39, 0.29) is 11.4 Å². The van der Waals surface area contributed by atoms with Gasteiger partial charge in [-0.3, -0.25) is 4.79 Å². The van der Waals surface area contributed by atoms with Crippen molar-refractivity contribution >= 4 is 17.7 Å². The van der Waals surface area contributed by atoms with Crippen molar-refractivity contribution in [3.63, 3.8) is 0 Å². The third-order valence-electron chi connectivity index (χ3n) is 2.51. The van der Waals surface area contributed by atoms with Crippen LogP contribution < -0.4 is 5.32 Å². The molecular formula is C14H13N3O3. The largest absolute Gasteiger partial charge is 0.464 e. The number of ether oxygens (including phenoxy) is 1. The van der Waals surface area contributed by atoms with E-state index >= 15 is 0 Å². The van der Waals surface area contributed by atoms with Crippen molar-refractivity contribution in [3.05, 3.63) is 53.5 Å². The van der Waals surface area contributed by atoms with Gasteiger partial charge in [0.1, 0.15) is 17.2 Å². The lowest BCUT2D eigenvalue weighted by atomic mass is 10.3. The van der Waals surface area contributed by atoms with Gasteiger partial charge in [-0.2, -0.15) is 0 Å². The topological polar surface area (TPSA) is 81.2 Å². The number of esters is 1. The average Bonchev–Trinajstić information content (AvgIpc) is 2.46. The lowest BCUT2D eigenvalue weighted by molar-refractivity contribution is 0.0594. The number of nitrogens with one attached hydrogen (secondary N) is 1. The van der Waals surface area contributed by atoms with Crippen molar-refractivity contribution in [1.29, 1.82) is 0 Å². The zero-order valence-electron chi connectivity index (χ0n) is 11.1. The van der Waals surface area contributed by atoms with Crippen LogP contribution in [0.1, 0.15) is 26.7 Å². The number of methoxy groups -OCH3 is 1. The molecule has 0 fully saturated rings. The summed E-state index contributed by atoms with van der Waals surface area (Å²) in [7, 11) is 1.26. The minimum atomic E-state index is -0.590. The molecule has 102 valence electrons. The first-order chi connectivity index (χ1) is 9.60. The van der Waals surface area contributed by atoms with Crippen molar-refractivity contribution in [1.82, 2.24) is 9.97 Å². The number of carbonyl (C=O) groups is 2. The van der Waals surface area contributed by atoms with E-state index in [0.717, 1.165) is 5.69 Å². The molecule has 0 spiro atoms. The van der Waals surface area contributed by atoms with Crippen LogP contribution in [-0.4, -0.2) is 29.0 Å². The van der Waals surface area contributed by atoms with Gasteiger partial charge in [0.15, 0.2) is 0 Å². The molecule has 2 rings (SSSR count). The van der Waals surface area contributed by atoms with Crippen LogP contribution in [-0.2, 0) is 4.74 Å². The molecule has 0 radical (unpaired) electrons. The highest BCUT2D eigenvalue weighted by Crippen LogP contribution is 2.07. The number of hydrogen-bond acceptors (Lipinski definition) is 5. The first kappa shape index (κ1) is 13.7. The van der Waals surface area contributed by atoms with Gasteiger partial charge in [0.25, 0.3) is 5.91 Å². The normalized spacial score (nSPS) is 9.90. The number of hydrogen-bond donors (Lipinski definition) is 1. The minimum Gasteiger partial charge on any atom is -0.464 e. The summed E-state index contributed by atoms with van der Waals surface area (Å²) >= 11 is 0. The van der Waals surface area contributed by atoms with Gasteiger partial charge < -0.3 is 10.1 Å². The number of amides is 1. The molecule has 0 aliphatic carbocycles. The maximum atomic E-state index is 12.0. The van der Waals surface area contributed by atoms with Crippen LogP contribution in [0, 0.1) is 6.92 Å². The van der Waals surface area contributed by atoms with Crippen LogP contribution in [0.2, 0.25) is 0 Å². The average molecular weight is 271 g/mol. The second kappa shape index (κ2) is 5.92. The number of aryl methyl sites for hydroxylation is 1. The third-order valence-corrected chi connectivity index (χ3v) is 2.51. The van der Waals surface area contributed by atoms with Crippen LogP contribution in [0.4, 0.5) is 5.82 Å². The van der Waals surface area contributed by atoms with Crippen molar-refractivity contribution in [2.24, 2.45) is 0 Å². The number of carbonyl (C=O) groups excluding carboxylic acids is 2. The van der Waals surface area contributed by atoms with Gasteiger partial charge in [0.05, 0.1) is 7.11 Å². The molecule has 2 heterocycles. The number of rotatable bonds is 3. The zero-order valence-corrected chi connectivity index (χ0v) is 11.1. The Balaban J connectivity index is 2.19. The zero-order chi connectivity index (χ0) is 14.5. The first-order valence-corrected chi connectivity index (χ1v) is 5.90. The van der Waals surface area contributed by atoms with Crippen LogP contribution in [0.15, 0.2) is 36.4 Å². The number of aromatic nitrogens is 2. The van der Waals surface area contributed by atoms with Crippen molar-refractivity contribution in [2.75, 3.05) is 12.4 Å². The molecule has 2 aromatic rings. The van der Waals surface area contributed by atoms with Crippen LogP contribution >= 0.6 is 0 Å². The Bertz CT molecular complexity index is 656. The Hall–Kier alpha value is -2.76. The summed E-state index contributed by atoms with van der Waals surface area (Å²) in [5.41, 5.74) is 0.993. The van der Waals surface area contributed by atoms with E-state index in [4.69, 9.17) is 0 Å². The number of anilines is 1. The van der Waals surface area contributed by atoms with E-state index in [0.29, 0.717) is 5.82 Å². The monoisotopic (exact) mass is 271 g/mol. The number of pyridine rings is 2. The molecule has 6 nitrogen and oxygen atoms in total. The van der Waals surface area contributed by atoms with Crippen molar-refractivity contribution in [3.8, 4) is 0 Å². The fourth-order valence-corrected chi connectivity index (χ4v) is 1.57. The third kappa shape index (κ3) is 3.17. The molecule has 0 unspecified atom stereocenters. The van der Waals surface area contributed by atoms with Crippen LogP contribution in [0.5, 0.6) is 0 Å². The van der Waals surface area contributed by atoms with Gasteiger partial charge in [-0.25, -0.2) is 14.8 Å². The summed E-state index contributed by atoms with van der Waals surface area (Å²) in [6, 6.07) is 9.85. The Morgan fingerprint density at radius 1 is 1.05 bits per heavy atom. The van der Waals surface area contributed by atoms with E-state index in [1.165, 1.54) is 19.2 Å². The van der Waals surface area contributed by atoms with Gasteiger partial charge in [0.2, 0.25) is 0 Å². The summed E-state index contributed by atoms with van der Waals surface area (Å²) in [5.74, 6) is -0.595. The van der Waals surface area contributed by atoms with E-state index < -0.39 is 11.9 Å². The Labute approximate surface area is 115 Å². The highest BCUT2D eigenvalue weighted by Gasteiger charge is 2.12. The molecule has 0 aliphatic heterocycles. The van der Waals surface area contributed by atoms with Crippen molar-refractivity contribution in [2.45, 2.75) is 6.92 Å². The van der Waals surface area contributed by atoms with Gasteiger partial charge in [-0.1, -0.05) is 12.1 Å². The Morgan fingerprint density at radius 2 is 1.75 bits per heavy atom. The van der Waals surface area contributed by atoms with Crippen molar-refractivity contribution < 1.29 is 14.3 Å². The molecule has 0 saturated heterocycles. The molecule has 0 saturated carbocycles. The molecule has 1 amide bonds. The molecule has 6 heteroatoms. The summed E-state index contributed by atoms with van der Waals surface area (Å²) in [6.45, 7) is 1.83. The molecule has 20 heavy (non-hydrogen) atoms. The summed E-state index contributed by atoms with van der Waals surface area (Å²) < 4.78 is 4.56. The second-order valence-corrected chi connectivity index (χ2v) is 4.02. The molecule has 0 atom stereocenters. The van der Waals surface area contributed by atoms with E-state index in [2.05, 4.69) is 20.0 Å². The standard InChI is InChI=1S/C14H13N3O3/c1-9-5-3-8-12(15-9)17-13(18)10-6-4-7-11(16-10)14(19)20-2/h3-8H,1-2H3,(H,15,17,18).